The molecule has 23 heavy (non-hydrogen) atoms. The molecule has 3 amide bonds. The van der Waals surface area contributed by atoms with Gasteiger partial charge < -0.3 is 5.32 Å². The van der Waals surface area contributed by atoms with Gasteiger partial charge in [0, 0.05) is 10.7 Å². The van der Waals surface area contributed by atoms with Crippen molar-refractivity contribution in [1.82, 2.24) is 4.90 Å². The molecule has 1 heterocycles. The molecule has 3 rings (SSSR count). The van der Waals surface area contributed by atoms with Gasteiger partial charge in [0.05, 0.1) is 11.1 Å². The van der Waals surface area contributed by atoms with Gasteiger partial charge in [0.15, 0.2) is 0 Å². The van der Waals surface area contributed by atoms with Crippen LogP contribution < -0.4 is 5.32 Å². The molecule has 2 aromatic rings. The number of carbonyl (C=O) groups excluding carboxylic acids is 3. The molecule has 5 nitrogen and oxygen atoms in total. The number of fused-ring (bicyclic) bond motifs is 1. The number of hydrogen-bond acceptors (Lipinski definition) is 3. The number of benzene rings is 2. The SMILES string of the molecule is Cc1ccc(NC(=O)CN2C(=O)c3ccc(Cl)cc3C2=O)cc1. The van der Waals surface area contributed by atoms with E-state index in [2.05, 4.69) is 5.32 Å². The van der Waals surface area contributed by atoms with Crippen LogP contribution in [0.15, 0.2) is 42.5 Å². The molecule has 1 aliphatic rings. The summed E-state index contributed by atoms with van der Waals surface area (Å²) in [6.45, 7) is 1.60. The van der Waals surface area contributed by atoms with E-state index >= 15 is 0 Å². The molecular formula is C17H13ClN2O3. The number of anilines is 1. The first-order valence-electron chi connectivity index (χ1n) is 6.98. The number of aryl methyl sites for hydroxylation is 1. The minimum atomic E-state index is -0.508. The fourth-order valence-corrected chi connectivity index (χ4v) is 2.56. The zero-order valence-electron chi connectivity index (χ0n) is 12.3. The second kappa shape index (κ2) is 5.85. The van der Waals surface area contributed by atoms with Crippen molar-refractivity contribution in [3.05, 3.63) is 64.2 Å². The normalized spacial score (nSPS) is 13.2. The van der Waals surface area contributed by atoms with Crippen LogP contribution in [0.4, 0.5) is 5.69 Å². The van der Waals surface area contributed by atoms with Gasteiger partial charge in [0.2, 0.25) is 5.91 Å². The lowest BCUT2D eigenvalue weighted by Crippen LogP contribution is -2.37. The zero-order valence-corrected chi connectivity index (χ0v) is 13.1. The second-order valence-corrected chi connectivity index (χ2v) is 5.74. The summed E-state index contributed by atoms with van der Waals surface area (Å²) >= 11 is 5.85. The van der Waals surface area contributed by atoms with Crippen molar-refractivity contribution < 1.29 is 14.4 Å². The van der Waals surface area contributed by atoms with Crippen molar-refractivity contribution in [2.75, 3.05) is 11.9 Å². The Bertz CT molecular complexity index is 815. The standard InChI is InChI=1S/C17H13ClN2O3/c1-10-2-5-12(6-3-10)19-15(21)9-20-16(22)13-7-4-11(18)8-14(13)17(20)23/h2-8H,9H2,1H3,(H,19,21). The molecule has 6 heteroatoms. The lowest BCUT2D eigenvalue weighted by atomic mass is 10.1. The van der Waals surface area contributed by atoms with Crippen LogP contribution in [0, 0.1) is 6.92 Å². The predicted octanol–water partition coefficient (Wildman–Crippen LogP) is 2.88. The van der Waals surface area contributed by atoms with Gasteiger partial charge in [0.1, 0.15) is 6.54 Å². The van der Waals surface area contributed by atoms with Crippen molar-refractivity contribution >= 4 is 35.0 Å². The molecule has 0 bridgehead atoms. The molecule has 0 saturated carbocycles. The van der Waals surface area contributed by atoms with Crippen LogP contribution in [0.2, 0.25) is 5.02 Å². The summed E-state index contributed by atoms with van der Waals surface area (Å²) in [5.74, 6) is -1.43. The summed E-state index contributed by atoms with van der Waals surface area (Å²) in [5, 5.41) is 3.04. The fraction of sp³-hybridized carbons (Fsp3) is 0.118. The summed E-state index contributed by atoms with van der Waals surface area (Å²) in [6, 6.07) is 11.7. The van der Waals surface area contributed by atoms with Crippen molar-refractivity contribution in [1.29, 1.82) is 0 Å². The van der Waals surface area contributed by atoms with E-state index in [-0.39, 0.29) is 17.7 Å². The van der Waals surface area contributed by atoms with Crippen molar-refractivity contribution in [2.24, 2.45) is 0 Å². The number of rotatable bonds is 3. The highest BCUT2D eigenvalue weighted by Crippen LogP contribution is 2.25. The summed E-state index contributed by atoms with van der Waals surface area (Å²) in [4.78, 5) is 37.5. The first-order valence-corrected chi connectivity index (χ1v) is 7.36. The zero-order chi connectivity index (χ0) is 16.6. The molecular weight excluding hydrogens is 316 g/mol. The summed E-state index contributed by atoms with van der Waals surface area (Å²) in [5.41, 5.74) is 2.17. The molecule has 2 aromatic carbocycles. The number of halogens is 1. The van der Waals surface area contributed by atoms with E-state index in [9.17, 15) is 14.4 Å². The Hall–Kier alpha value is -2.66. The fourth-order valence-electron chi connectivity index (χ4n) is 2.39. The van der Waals surface area contributed by atoms with Crippen LogP contribution in [0.5, 0.6) is 0 Å². The Morgan fingerprint density at radius 1 is 1.04 bits per heavy atom. The average molecular weight is 329 g/mol. The Morgan fingerprint density at radius 2 is 1.70 bits per heavy atom. The van der Waals surface area contributed by atoms with Crippen molar-refractivity contribution in [2.45, 2.75) is 6.92 Å². The first kappa shape index (κ1) is 15.2. The first-order chi connectivity index (χ1) is 11.0. The van der Waals surface area contributed by atoms with Gasteiger partial charge in [-0.1, -0.05) is 29.3 Å². The quantitative estimate of drug-likeness (QED) is 0.881. The van der Waals surface area contributed by atoms with Crippen LogP contribution in [0.3, 0.4) is 0 Å². The minimum Gasteiger partial charge on any atom is -0.325 e. The van der Waals surface area contributed by atoms with Gasteiger partial charge in [-0.3, -0.25) is 19.3 Å². The number of nitrogens with one attached hydrogen (secondary N) is 1. The topological polar surface area (TPSA) is 66.5 Å². The summed E-state index contributed by atoms with van der Waals surface area (Å²) in [7, 11) is 0. The third kappa shape index (κ3) is 2.96. The summed E-state index contributed by atoms with van der Waals surface area (Å²) < 4.78 is 0. The summed E-state index contributed by atoms with van der Waals surface area (Å²) in [6.07, 6.45) is 0. The molecule has 1 aliphatic heterocycles. The highest BCUT2D eigenvalue weighted by Gasteiger charge is 2.36. The molecule has 0 aliphatic carbocycles. The van der Waals surface area contributed by atoms with Gasteiger partial charge in [-0.25, -0.2) is 0 Å². The maximum absolute atomic E-state index is 12.3. The molecule has 0 spiro atoms. The Kier molecular flexibility index (Phi) is 3.88. The molecule has 1 N–H and O–H groups in total. The maximum atomic E-state index is 12.3. The third-order valence-electron chi connectivity index (χ3n) is 3.57. The Labute approximate surface area is 137 Å². The Balaban J connectivity index is 1.73. The predicted molar refractivity (Wildman–Crippen MR) is 86.6 cm³/mol. The lowest BCUT2D eigenvalue weighted by Gasteiger charge is -2.13. The van der Waals surface area contributed by atoms with Gasteiger partial charge in [-0.15, -0.1) is 0 Å². The molecule has 0 aromatic heterocycles. The highest BCUT2D eigenvalue weighted by atomic mass is 35.5. The number of amides is 3. The second-order valence-electron chi connectivity index (χ2n) is 5.30. The number of hydrogen-bond donors (Lipinski definition) is 1. The number of imide groups is 1. The van der Waals surface area contributed by atoms with Gasteiger partial charge >= 0.3 is 0 Å². The van der Waals surface area contributed by atoms with Crippen molar-refractivity contribution in [3.63, 3.8) is 0 Å². The van der Waals surface area contributed by atoms with Gasteiger partial charge in [-0.05, 0) is 37.3 Å². The average Bonchev–Trinajstić information content (AvgIpc) is 2.74. The van der Waals surface area contributed by atoms with E-state index in [1.165, 1.54) is 12.1 Å². The van der Waals surface area contributed by atoms with E-state index in [4.69, 9.17) is 11.6 Å². The largest absolute Gasteiger partial charge is 0.325 e. The molecule has 116 valence electrons. The van der Waals surface area contributed by atoms with E-state index in [1.54, 1.807) is 18.2 Å². The van der Waals surface area contributed by atoms with Crippen LogP contribution in [-0.4, -0.2) is 29.2 Å². The maximum Gasteiger partial charge on any atom is 0.262 e. The molecule has 0 radical (unpaired) electrons. The van der Waals surface area contributed by atoms with Crippen molar-refractivity contribution in [3.8, 4) is 0 Å². The van der Waals surface area contributed by atoms with Crippen LogP contribution in [-0.2, 0) is 4.79 Å². The molecule has 0 unspecified atom stereocenters. The van der Waals surface area contributed by atoms with Crippen LogP contribution in [0.25, 0.3) is 0 Å². The Morgan fingerprint density at radius 3 is 2.39 bits per heavy atom. The molecule has 0 saturated heterocycles. The van der Waals surface area contributed by atoms with Crippen LogP contribution >= 0.6 is 11.6 Å². The number of nitrogens with zero attached hydrogens (tertiary/aromatic N) is 1. The lowest BCUT2D eigenvalue weighted by molar-refractivity contribution is -0.116. The van der Waals surface area contributed by atoms with Gasteiger partial charge in [-0.2, -0.15) is 0 Å². The smallest absolute Gasteiger partial charge is 0.262 e. The van der Waals surface area contributed by atoms with E-state index in [0.29, 0.717) is 10.7 Å². The highest BCUT2D eigenvalue weighted by molar-refractivity contribution is 6.32. The van der Waals surface area contributed by atoms with Crippen LogP contribution in [0.1, 0.15) is 26.3 Å². The number of carbonyl (C=O) groups is 3. The van der Waals surface area contributed by atoms with E-state index in [0.717, 1.165) is 10.5 Å². The minimum absolute atomic E-state index is 0.227. The van der Waals surface area contributed by atoms with E-state index in [1.807, 2.05) is 19.1 Å². The molecule has 0 atom stereocenters. The third-order valence-corrected chi connectivity index (χ3v) is 3.80. The molecule has 0 fully saturated rings. The monoisotopic (exact) mass is 328 g/mol. The van der Waals surface area contributed by atoms with E-state index < -0.39 is 17.7 Å². The van der Waals surface area contributed by atoms with Gasteiger partial charge in [0.25, 0.3) is 11.8 Å².